The van der Waals surface area contributed by atoms with Gasteiger partial charge < -0.3 is 5.11 Å². The molecule has 3 aromatic rings. The van der Waals surface area contributed by atoms with Crippen molar-refractivity contribution in [3.05, 3.63) is 42.2 Å². The number of aliphatic carboxylic acids is 1. The van der Waals surface area contributed by atoms with E-state index in [2.05, 4.69) is 29.0 Å². The van der Waals surface area contributed by atoms with Crippen LogP contribution in [0.1, 0.15) is 37.7 Å². The lowest BCUT2D eigenvalue weighted by atomic mass is 10.0. The van der Waals surface area contributed by atoms with Gasteiger partial charge >= 0.3 is 5.97 Å². The third-order valence-electron chi connectivity index (χ3n) is 3.83. The molecule has 0 aliphatic rings. The Morgan fingerprint density at radius 1 is 1.39 bits per heavy atom. The first-order valence-electron chi connectivity index (χ1n) is 7.47. The number of fused-ring (bicyclic) bond motifs is 1. The van der Waals surface area contributed by atoms with Crippen LogP contribution in [0.5, 0.6) is 0 Å². The van der Waals surface area contributed by atoms with Crippen LogP contribution in [-0.4, -0.2) is 35.6 Å². The smallest absolute Gasteiger partial charge is 0.311 e. The standard InChI is InChI=1S/C16H17N5O2/c1-3-10(2)15-16-20-19-13(7-14(22)23)21(16)9-12(18-15)11-5-4-6-17-8-11/h4-6,8-10H,3,7H2,1-2H3,(H,22,23). The SMILES string of the molecule is CCC(C)c1nc(-c2cccnc2)cn2c(CC(=O)O)nnc12. The van der Waals surface area contributed by atoms with Crippen molar-refractivity contribution in [2.24, 2.45) is 0 Å². The number of hydrogen-bond donors (Lipinski definition) is 1. The molecule has 0 amide bonds. The summed E-state index contributed by atoms with van der Waals surface area (Å²) in [7, 11) is 0. The van der Waals surface area contributed by atoms with Crippen molar-refractivity contribution in [2.45, 2.75) is 32.6 Å². The van der Waals surface area contributed by atoms with Crippen LogP contribution in [0.2, 0.25) is 0 Å². The average Bonchev–Trinajstić information content (AvgIpc) is 2.96. The number of rotatable bonds is 5. The molecule has 7 nitrogen and oxygen atoms in total. The molecule has 118 valence electrons. The minimum Gasteiger partial charge on any atom is -0.481 e. The van der Waals surface area contributed by atoms with Crippen molar-refractivity contribution < 1.29 is 9.90 Å². The largest absolute Gasteiger partial charge is 0.481 e. The molecule has 23 heavy (non-hydrogen) atoms. The Kier molecular flexibility index (Phi) is 4.01. The van der Waals surface area contributed by atoms with Gasteiger partial charge in [0.2, 0.25) is 0 Å². The first-order valence-corrected chi connectivity index (χ1v) is 7.47. The van der Waals surface area contributed by atoms with Crippen molar-refractivity contribution in [1.29, 1.82) is 0 Å². The van der Waals surface area contributed by atoms with Crippen LogP contribution in [0, 0.1) is 0 Å². The number of nitrogens with zero attached hydrogens (tertiary/aromatic N) is 5. The van der Waals surface area contributed by atoms with E-state index in [-0.39, 0.29) is 12.3 Å². The van der Waals surface area contributed by atoms with Crippen molar-refractivity contribution >= 4 is 11.6 Å². The van der Waals surface area contributed by atoms with E-state index in [1.165, 1.54) is 0 Å². The fraction of sp³-hybridized carbons (Fsp3) is 0.312. The van der Waals surface area contributed by atoms with Crippen molar-refractivity contribution in [3.63, 3.8) is 0 Å². The Morgan fingerprint density at radius 3 is 2.87 bits per heavy atom. The highest BCUT2D eigenvalue weighted by Crippen LogP contribution is 2.25. The lowest BCUT2D eigenvalue weighted by molar-refractivity contribution is -0.136. The van der Waals surface area contributed by atoms with Gasteiger partial charge in [-0.1, -0.05) is 13.8 Å². The van der Waals surface area contributed by atoms with Gasteiger partial charge in [-0.05, 0) is 18.6 Å². The summed E-state index contributed by atoms with van der Waals surface area (Å²) >= 11 is 0. The van der Waals surface area contributed by atoms with Gasteiger partial charge in [-0.15, -0.1) is 10.2 Å². The summed E-state index contributed by atoms with van der Waals surface area (Å²) in [6, 6.07) is 3.76. The van der Waals surface area contributed by atoms with Gasteiger partial charge in [0.1, 0.15) is 12.2 Å². The summed E-state index contributed by atoms with van der Waals surface area (Å²) in [5.74, 6) is -0.357. The van der Waals surface area contributed by atoms with Crippen LogP contribution in [0.15, 0.2) is 30.7 Å². The minimum absolute atomic E-state index is 0.183. The highest BCUT2D eigenvalue weighted by atomic mass is 16.4. The van der Waals surface area contributed by atoms with Gasteiger partial charge in [0.25, 0.3) is 0 Å². The second kappa shape index (κ2) is 6.12. The van der Waals surface area contributed by atoms with E-state index in [0.29, 0.717) is 11.5 Å². The van der Waals surface area contributed by atoms with Crippen LogP contribution in [0.25, 0.3) is 16.9 Å². The monoisotopic (exact) mass is 311 g/mol. The number of pyridine rings is 1. The number of hydrogen-bond acceptors (Lipinski definition) is 5. The molecule has 0 bridgehead atoms. The van der Waals surface area contributed by atoms with Gasteiger partial charge in [0.15, 0.2) is 5.65 Å². The normalized spacial score (nSPS) is 12.4. The van der Waals surface area contributed by atoms with Gasteiger partial charge in [-0.25, -0.2) is 4.98 Å². The fourth-order valence-corrected chi connectivity index (χ4v) is 2.40. The molecule has 0 aliphatic carbocycles. The second-order valence-electron chi connectivity index (χ2n) is 5.44. The number of aromatic nitrogens is 5. The Balaban J connectivity index is 2.23. The van der Waals surface area contributed by atoms with E-state index in [9.17, 15) is 4.79 Å². The maximum absolute atomic E-state index is 11.0. The lowest BCUT2D eigenvalue weighted by Gasteiger charge is -2.12. The Labute approximate surface area is 133 Å². The molecule has 1 atom stereocenters. The maximum Gasteiger partial charge on any atom is 0.311 e. The molecule has 1 N–H and O–H groups in total. The van der Waals surface area contributed by atoms with Gasteiger partial charge in [-0.3, -0.25) is 14.2 Å². The third kappa shape index (κ3) is 2.90. The summed E-state index contributed by atoms with van der Waals surface area (Å²) in [4.78, 5) is 19.9. The Hall–Kier alpha value is -2.83. The molecule has 0 spiro atoms. The van der Waals surface area contributed by atoms with Crippen LogP contribution < -0.4 is 0 Å². The molecule has 1 unspecified atom stereocenters. The van der Waals surface area contributed by atoms with Gasteiger partial charge in [0, 0.05) is 30.1 Å². The first kappa shape index (κ1) is 15.1. The molecule has 3 rings (SSSR count). The van der Waals surface area contributed by atoms with E-state index in [0.717, 1.165) is 23.4 Å². The zero-order valence-corrected chi connectivity index (χ0v) is 13.0. The van der Waals surface area contributed by atoms with Crippen LogP contribution in [-0.2, 0) is 11.2 Å². The predicted molar refractivity (Wildman–Crippen MR) is 84.1 cm³/mol. The maximum atomic E-state index is 11.0. The summed E-state index contributed by atoms with van der Waals surface area (Å²) < 4.78 is 1.73. The van der Waals surface area contributed by atoms with Crippen LogP contribution in [0.4, 0.5) is 0 Å². The minimum atomic E-state index is -0.941. The van der Waals surface area contributed by atoms with Crippen molar-refractivity contribution in [2.75, 3.05) is 0 Å². The molecule has 7 heteroatoms. The number of carbonyl (C=O) groups is 1. The molecule has 0 aromatic carbocycles. The fourth-order valence-electron chi connectivity index (χ4n) is 2.40. The first-order chi connectivity index (χ1) is 11.1. The van der Waals surface area contributed by atoms with E-state index in [1.807, 2.05) is 12.1 Å². The van der Waals surface area contributed by atoms with E-state index >= 15 is 0 Å². The summed E-state index contributed by atoms with van der Waals surface area (Å²) in [6.07, 6.45) is 5.93. The average molecular weight is 311 g/mol. The number of carboxylic acid groups (broad SMARTS) is 1. The predicted octanol–water partition coefficient (Wildman–Crippen LogP) is 2.33. The molecule has 3 heterocycles. The second-order valence-corrected chi connectivity index (χ2v) is 5.44. The molecule has 0 fully saturated rings. The topological polar surface area (TPSA) is 93.3 Å². The Bertz CT molecular complexity index is 844. The number of carboxylic acids is 1. The molecule has 0 radical (unpaired) electrons. The van der Waals surface area contributed by atoms with Gasteiger partial charge in [0.05, 0.1) is 11.4 Å². The highest BCUT2D eigenvalue weighted by molar-refractivity contribution is 5.70. The molecule has 0 saturated carbocycles. The van der Waals surface area contributed by atoms with Crippen LogP contribution in [0.3, 0.4) is 0 Å². The zero-order valence-electron chi connectivity index (χ0n) is 13.0. The summed E-state index contributed by atoms with van der Waals surface area (Å²) in [6.45, 7) is 4.15. The van der Waals surface area contributed by atoms with Crippen molar-refractivity contribution in [3.8, 4) is 11.3 Å². The summed E-state index contributed by atoms with van der Waals surface area (Å²) in [5.41, 5.74) is 3.03. The summed E-state index contributed by atoms with van der Waals surface area (Å²) in [5, 5.41) is 17.2. The zero-order chi connectivity index (χ0) is 16.4. The molecule has 3 aromatic heterocycles. The quantitative estimate of drug-likeness (QED) is 0.777. The highest BCUT2D eigenvalue weighted by Gasteiger charge is 2.18. The van der Waals surface area contributed by atoms with E-state index < -0.39 is 5.97 Å². The van der Waals surface area contributed by atoms with Crippen LogP contribution >= 0.6 is 0 Å². The Morgan fingerprint density at radius 2 is 2.22 bits per heavy atom. The van der Waals surface area contributed by atoms with Gasteiger partial charge in [-0.2, -0.15) is 0 Å². The molecule has 0 saturated heterocycles. The third-order valence-corrected chi connectivity index (χ3v) is 3.83. The van der Waals surface area contributed by atoms with E-state index in [4.69, 9.17) is 10.1 Å². The van der Waals surface area contributed by atoms with Crippen molar-refractivity contribution in [1.82, 2.24) is 24.6 Å². The molecular formula is C16H17N5O2. The molecule has 0 aliphatic heterocycles. The van der Waals surface area contributed by atoms with E-state index in [1.54, 1.807) is 23.0 Å². The lowest BCUT2D eigenvalue weighted by Crippen LogP contribution is -2.07. The molecular weight excluding hydrogens is 294 g/mol.